The number of anilines is 2. The van der Waals surface area contributed by atoms with Crippen LogP contribution < -0.4 is 5.32 Å². The summed E-state index contributed by atoms with van der Waals surface area (Å²) in [7, 11) is 0. The number of benzene rings is 1. The summed E-state index contributed by atoms with van der Waals surface area (Å²) in [5.41, 5.74) is 3.61. The van der Waals surface area contributed by atoms with Crippen LogP contribution in [0.15, 0.2) is 54.7 Å². The summed E-state index contributed by atoms with van der Waals surface area (Å²) >= 11 is 0. The van der Waals surface area contributed by atoms with E-state index in [2.05, 4.69) is 21.5 Å². The number of nitrogens with one attached hydrogen (secondary N) is 1. The van der Waals surface area contributed by atoms with Crippen LogP contribution in [0.2, 0.25) is 0 Å². The summed E-state index contributed by atoms with van der Waals surface area (Å²) in [4.78, 5) is 4.19. The third-order valence-corrected chi connectivity index (χ3v) is 3.21. The molecule has 3 rings (SSSR count). The molecule has 108 valence electrons. The standard InChI is InChI=1S/C17H15N5/c1-13-11-16(8-10-19-13)22-15(7-9-18)12-17(21-22)20-14-5-3-2-4-6-14/h2-6,8,10-12H,7H2,1H3,(H,20,21). The van der Waals surface area contributed by atoms with Gasteiger partial charge in [-0.3, -0.25) is 4.98 Å². The zero-order chi connectivity index (χ0) is 15.4. The van der Waals surface area contributed by atoms with Crippen molar-refractivity contribution in [3.05, 3.63) is 66.1 Å². The molecule has 0 amide bonds. The molecule has 3 aromatic rings. The van der Waals surface area contributed by atoms with Gasteiger partial charge < -0.3 is 5.32 Å². The van der Waals surface area contributed by atoms with Crippen molar-refractivity contribution in [2.24, 2.45) is 0 Å². The molecule has 5 nitrogen and oxygen atoms in total. The Morgan fingerprint density at radius 2 is 2.00 bits per heavy atom. The number of hydrogen-bond donors (Lipinski definition) is 1. The first kappa shape index (κ1) is 13.8. The molecule has 22 heavy (non-hydrogen) atoms. The Balaban J connectivity index is 1.97. The predicted molar refractivity (Wildman–Crippen MR) is 85.1 cm³/mol. The van der Waals surface area contributed by atoms with Crippen molar-refractivity contribution >= 4 is 11.5 Å². The minimum Gasteiger partial charge on any atom is -0.339 e. The van der Waals surface area contributed by atoms with E-state index in [1.165, 1.54) is 0 Å². The molecule has 0 fully saturated rings. The number of hydrogen-bond acceptors (Lipinski definition) is 4. The molecule has 0 aliphatic heterocycles. The molecular weight excluding hydrogens is 274 g/mol. The first-order chi connectivity index (χ1) is 10.8. The van der Waals surface area contributed by atoms with E-state index in [-0.39, 0.29) is 0 Å². The van der Waals surface area contributed by atoms with Gasteiger partial charge in [-0.1, -0.05) is 18.2 Å². The van der Waals surface area contributed by atoms with Crippen LogP contribution in [0.5, 0.6) is 0 Å². The molecule has 1 N–H and O–H groups in total. The number of nitrogens with zero attached hydrogens (tertiary/aromatic N) is 4. The van der Waals surface area contributed by atoms with Crippen LogP contribution in [-0.4, -0.2) is 14.8 Å². The molecule has 2 aromatic heterocycles. The number of pyridine rings is 1. The second-order valence-corrected chi connectivity index (χ2v) is 4.91. The largest absolute Gasteiger partial charge is 0.339 e. The quantitative estimate of drug-likeness (QED) is 0.799. The average molecular weight is 289 g/mol. The smallest absolute Gasteiger partial charge is 0.153 e. The zero-order valence-electron chi connectivity index (χ0n) is 12.2. The van der Waals surface area contributed by atoms with Crippen LogP contribution in [0.4, 0.5) is 11.5 Å². The molecule has 0 saturated carbocycles. The van der Waals surface area contributed by atoms with Crippen molar-refractivity contribution in [3.63, 3.8) is 0 Å². The SMILES string of the molecule is Cc1cc(-n2nc(Nc3ccccc3)cc2CC#N)ccn1. The van der Waals surface area contributed by atoms with E-state index in [0.29, 0.717) is 12.2 Å². The highest BCUT2D eigenvalue weighted by atomic mass is 15.3. The van der Waals surface area contributed by atoms with Gasteiger partial charge in [-0.15, -0.1) is 5.10 Å². The molecule has 5 heteroatoms. The van der Waals surface area contributed by atoms with Gasteiger partial charge in [-0.25, -0.2) is 4.68 Å². The van der Waals surface area contributed by atoms with E-state index in [9.17, 15) is 0 Å². The van der Waals surface area contributed by atoms with Crippen LogP contribution in [0.25, 0.3) is 5.69 Å². The molecule has 0 atom stereocenters. The van der Waals surface area contributed by atoms with Gasteiger partial charge in [-0.05, 0) is 31.2 Å². The topological polar surface area (TPSA) is 66.5 Å². The molecule has 0 spiro atoms. The van der Waals surface area contributed by atoms with Gasteiger partial charge in [0.05, 0.1) is 23.9 Å². The van der Waals surface area contributed by atoms with Gasteiger partial charge in [-0.2, -0.15) is 5.26 Å². The molecule has 2 heterocycles. The maximum atomic E-state index is 9.02. The molecule has 0 unspecified atom stereocenters. The van der Waals surface area contributed by atoms with Crippen LogP contribution in [0.3, 0.4) is 0 Å². The Kier molecular flexibility index (Phi) is 3.84. The van der Waals surface area contributed by atoms with Gasteiger partial charge in [0.1, 0.15) is 0 Å². The minimum absolute atomic E-state index is 0.296. The number of aryl methyl sites for hydroxylation is 1. The zero-order valence-corrected chi connectivity index (χ0v) is 12.2. The Morgan fingerprint density at radius 3 is 2.73 bits per heavy atom. The van der Waals surface area contributed by atoms with Crippen molar-refractivity contribution in [3.8, 4) is 11.8 Å². The van der Waals surface area contributed by atoms with Crippen molar-refractivity contribution in [1.29, 1.82) is 5.26 Å². The predicted octanol–water partition coefficient (Wildman–Crippen LogP) is 3.39. The Morgan fingerprint density at radius 1 is 1.18 bits per heavy atom. The summed E-state index contributed by atoms with van der Waals surface area (Å²) in [6.07, 6.45) is 2.04. The van der Waals surface area contributed by atoms with Crippen LogP contribution in [-0.2, 0) is 6.42 Å². The van der Waals surface area contributed by atoms with Gasteiger partial charge in [0, 0.05) is 23.6 Å². The van der Waals surface area contributed by atoms with E-state index in [0.717, 1.165) is 22.8 Å². The highest BCUT2D eigenvalue weighted by Gasteiger charge is 2.10. The van der Waals surface area contributed by atoms with Gasteiger partial charge in [0.2, 0.25) is 0 Å². The van der Waals surface area contributed by atoms with Crippen LogP contribution in [0, 0.1) is 18.3 Å². The van der Waals surface area contributed by atoms with Crippen molar-refractivity contribution in [2.45, 2.75) is 13.3 Å². The highest BCUT2D eigenvalue weighted by molar-refractivity contribution is 5.56. The Bertz CT molecular complexity index is 815. The molecule has 1 aromatic carbocycles. The van der Waals surface area contributed by atoms with Crippen molar-refractivity contribution in [1.82, 2.24) is 14.8 Å². The molecule has 0 radical (unpaired) electrons. The van der Waals surface area contributed by atoms with E-state index >= 15 is 0 Å². The highest BCUT2D eigenvalue weighted by Crippen LogP contribution is 2.20. The van der Waals surface area contributed by atoms with Crippen molar-refractivity contribution in [2.75, 3.05) is 5.32 Å². The monoisotopic (exact) mass is 289 g/mol. The Hall–Kier alpha value is -3.13. The van der Waals surface area contributed by atoms with Crippen LogP contribution in [0.1, 0.15) is 11.4 Å². The van der Waals surface area contributed by atoms with Gasteiger partial charge in [0.15, 0.2) is 5.82 Å². The first-order valence-electron chi connectivity index (χ1n) is 6.97. The van der Waals surface area contributed by atoms with E-state index in [1.807, 2.05) is 55.5 Å². The second kappa shape index (κ2) is 6.10. The fourth-order valence-corrected chi connectivity index (χ4v) is 2.24. The fraction of sp³-hybridized carbons (Fsp3) is 0.118. The second-order valence-electron chi connectivity index (χ2n) is 4.91. The summed E-state index contributed by atoms with van der Waals surface area (Å²) in [5.74, 6) is 0.714. The van der Waals surface area contributed by atoms with Gasteiger partial charge in [0.25, 0.3) is 0 Å². The lowest BCUT2D eigenvalue weighted by atomic mass is 10.3. The lowest BCUT2D eigenvalue weighted by Gasteiger charge is -2.05. The molecule has 0 bridgehead atoms. The van der Waals surface area contributed by atoms with Gasteiger partial charge >= 0.3 is 0 Å². The number of nitriles is 1. The normalized spacial score (nSPS) is 10.2. The number of para-hydroxylation sites is 1. The summed E-state index contributed by atoms with van der Waals surface area (Å²) in [6.45, 7) is 1.93. The maximum absolute atomic E-state index is 9.02. The summed E-state index contributed by atoms with van der Waals surface area (Å²) < 4.78 is 1.78. The lowest BCUT2D eigenvalue weighted by molar-refractivity contribution is 0.830. The van der Waals surface area contributed by atoms with Crippen molar-refractivity contribution < 1.29 is 0 Å². The third-order valence-electron chi connectivity index (χ3n) is 3.21. The minimum atomic E-state index is 0.296. The maximum Gasteiger partial charge on any atom is 0.153 e. The number of aromatic nitrogens is 3. The molecule has 0 aliphatic rings. The lowest BCUT2D eigenvalue weighted by Crippen LogP contribution is -2.02. The fourth-order valence-electron chi connectivity index (χ4n) is 2.24. The number of rotatable bonds is 4. The van der Waals surface area contributed by atoms with E-state index in [1.54, 1.807) is 10.9 Å². The summed E-state index contributed by atoms with van der Waals surface area (Å²) in [5, 5.41) is 16.8. The molecule has 0 aliphatic carbocycles. The van der Waals surface area contributed by atoms with E-state index < -0.39 is 0 Å². The molecule has 0 saturated heterocycles. The first-order valence-corrected chi connectivity index (χ1v) is 6.97. The average Bonchev–Trinajstić information content (AvgIpc) is 2.91. The van der Waals surface area contributed by atoms with E-state index in [4.69, 9.17) is 5.26 Å². The molecular formula is C17H15N5. The summed E-state index contributed by atoms with van der Waals surface area (Å²) in [6, 6.07) is 17.7. The Labute approximate surface area is 128 Å². The third kappa shape index (κ3) is 2.96. The van der Waals surface area contributed by atoms with Crippen LogP contribution >= 0.6 is 0 Å².